The van der Waals surface area contributed by atoms with E-state index < -0.39 is 5.91 Å². The lowest BCUT2D eigenvalue weighted by atomic mass is 10.1. The number of nitrogens with one attached hydrogen (secondary N) is 1. The quantitative estimate of drug-likeness (QED) is 0.786. The van der Waals surface area contributed by atoms with E-state index in [0.29, 0.717) is 16.1 Å². The molecule has 0 aliphatic heterocycles. The molecule has 19 heavy (non-hydrogen) atoms. The molecule has 0 aliphatic carbocycles. The summed E-state index contributed by atoms with van der Waals surface area (Å²) in [7, 11) is 0. The van der Waals surface area contributed by atoms with E-state index in [4.69, 9.17) is 11.5 Å². The molecule has 0 atom stereocenters. The van der Waals surface area contributed by atoms with Gasteiger partial charge in [0.2, 0.25) is 0 Å². The molecule has 0 aromatic carbocycles. The number of carbonyl (C=O) groups is 2. The summed E-state index contributed by atoms with van der Waals surface area (Å²) in [6.45, 7) is 1.77. The summed E-state index contributed by atoms with van der Waals surface area (Å²) in [6.07, 6.45) is 1.54. The molecule has 2 aromatic heterocycles. The fourth-order valence-corrected chi connectivity index (χ4v) is 2.29. The number of hydrogen-bond donors (Lipinski definition) is 3. The summed E-state index contributed by atoms with van der Waals surface area (Å²) in [6, 6.07) is 3.22. The Labute approximate surface area is 113 Å². The van der Waals surface area contributed by atoms with Crippen LogP contribution in [0.3, 0.4) is 0 Å². The number of pyridine rings is 1. The maximum atomic E-state index is 12.1. The van der Waals surface area contributed by atoms with E-state index in [1.807, 2.05) is 0 Å². The van der Waals surface area contributed by atoms with Crippen molar-refractivity contribution in [1.82, 2.24) is 4.98 Å². The Morgan fingerprint density at radius 2 is 2.16 bits per heavy atom. The van der Waals surface area contributed by atoms with Crippen LogP contribution < -0.4 is 16.8 Å². The Morgan fingerprint density at radius 1 is 1.42 bits per heavy atom. The van der Waals surface area contributed by atoms with Gasteiger partial charge in [0.25, 0.3) is 11.8 Å². The number of nitrogens with two attached hydrogens (primary N) is 2. The maximum Gasteiger partial charge on any atom is 0.259 e. The Morgan fingerprint density at radius 3 is 2.74 bits per heavy atom. The third-order valence-corrected chi connectivity index (χ3v) is 3.46. The van der Waals surface area contributed by atoms with Gasteiger partial charge in [0.05, 0.1) is 16.1 Å². The molecule has 6 nitrogen and oxygen atoms in total. The number of carbonyl (C=O) groups excluding carboxylic acids is 2. The molecule has 0 saturated heterocycles. The normalized spacial score (nSPS) is 10.2. The molecule has 0 saturated carbocycles. The predicted molar refractivity (Wildman–Crippen MR) is 74.2 cm³/mol. The molecule has 5 N–H and O–H groups in total. The van der Waals surface area contributed by atoms with Gasteiger partial charge >= 0.3 is 0 Å². The van der Waals surface area contributed by atoms with Gasteiger partial charge in [-0.15, -0.1) is 11.3 Å². The third-order valence-electron chi connectivity index (χ3n) is 2.52. The zero-order valence-corrected chi connectivity index (χ0v) is 11.0. The van der Waals surface area contributed by atoms with Gasteiger partial charge in [0.1, 0.15) is 5.82 Å². The Kier molecular flexibility index (Phi) is 3.48. The maximum absolute atomic E-state index is 12.1. The molecular weight excluding hydrogens is 264 g/mol. The lowest BCUT2D eigenvalue weighted by molar-refractivity contribution is 0.0999. The zero-order chi connectivity index (χ0) is 14.0. The van der Waals surface area contributed by atoms with Gasteiger partial charge in [-0.25, -0.2) is 4.98 Å². The van der Waals surface area contributed by atoms with Gasteiger partial charge in [-0.1, -0.05) is 0 Å². The number of thiophene rings is 1. The summed E-state index contributed by atoms with van der Waals surface area (Å²) in [5.74, 6) is -0.720. The number of hydrogen-bond acceptors (Lipinski definition) is 5. The highest BCUT2D eigenvalue weighted by molar-refractivity contribution is 7.12. The highest BCUT2D eigenvalue weighted by Crippen LogP contribution is 2.21. The number of amides is 2. The number of rotatable bonds is 3. The second-order valence-corrected chi connectivity index (χ2v) is 4.82. The first-order chi connectivity index (χ1) is 8.99. The second kappa shape index (κ2) is 5.07. The molecule has 98 valence electrons. The first-order valence-corrected chi connectivity index (χ1v) is 6.27. The Hall–Kier alpha value is -2.41. The van der Waals surface area contributed by atoms with Crippen LogP contribution >= 0.6 is 11.3 Å². The zero-order valence-electron chi connectivity index (χ0n) is 10.1. The third kappa shape index (κ3) is 2.71. The average Bonchev–Trinajstić information content (AvgIpc) is 2.77. The predicted octanol–water partition coefficient (Wildman–Crippen LogP) is 1.38. The summed E-state index contributed by atoms with van der Waals surface area (Å²) < 4.78 is 0. The van der Waals surface area contributed by atoms with Crippen LogP contribution in [-0.4, -0.2) is 16.8 Å². The fraction of sp³-hybridized carbons (Fsp3) is 0.0833. The van der Waals surface area contributed by atoms with Crippen LogP contribution in [0.15, 0.2) is 23.7 Å². The van der Waals surface area contributed by atoms with E-state index in [1.54, 1.807) is 18.4 Å². The molecule has 0 unspecified atom stereocenters. The van der Waals surface area contributed by atoms with Crippen molar-refractivity contribution in [2.75, 3.05) is 11.1 Å². The van der Waals surface area contributed by atoms with Gasteiger partial charge in [-0.2, -0.15) is 0 Å². The highest BCUT2D eigenvalue weighted by Gasteiger charge is 2.15. The minimum atomic E-state index is -0.525. The van der Waals surface area contributed by atoms with Crippen LogP contribution in [0.4, 0.5) is 11.5 Å². The lowest BCUT2D eigenvalue weighted by Gasteiger charge is -2.07. The van der Waals surface area contributed by atoms with E-state index in [0.717, 1.165) is 5.56 Å². The molecule has 2 aromatic rings. The highest BCUT2D eigenvalue weighted by atomic mass is 32.1. The number of nitrogens with zero attached hydrogens (tertiary/aromatic N) is 1. The number of aryl methyl sites for hydroxylation is 1. The van der Waals surface area contributed by atoms with E-state index >= 15 is 0 Å². The molecular formula is C12H12N4O2S. The summed E-state index contributed by atoms with van der Waals surface area (Å²) in [5, 5.41) is 4.30. The monoisotopic (exact) mass is 276 g/mol. The Bertz CT molecular complexity index is 631. The van der Waals surface area contributed by atoms with Crippen molar-refractivity contribution in [3.63, 3.8) is 0 Å². The topological polar surface area (TPSA) is 111 Å². The van der Waals surface area contributed by atoms with Crippen LogP contribution in [0, 0.1) is 6.92 Å². The van der Waals surface area contributed by atoms with Crippen LogP contribution in [-0.2, 0) is 0 Å². The van der Waals surface area contributed by atoms with E-state index in [9.17, 15) is 9.59 Å². The van der Waals surface area contributed by atoms with Gasteiger partial charge in [-0.05, 0) is 24.6 Å². The number of aromatic nitrogens is 1. The summed E-state index contributed by atoms with van der Waals surface area (Å²) >= 11 is 1.17. The summed E-state index contributed by atoms with van der Waals surface area (Å²) in [5.41, 5.74) is 12.4. The number of nitrogen functional groups attached to an aromatic ring is 1. The molecule has 2 rings (SSSR count). The van der Waals surface area contributed by atoms with Crippen molar-refractivity contribution in [3.8, 4) is 0 Å². The van der Waals surface area contributed by atoms with Crippen molar-refractivity contribution >= 4 is 34.7 Å². The van der Waals surface area contributed by atoms with E-state index in [2.05, 4.69) is 10.3 Å². The van der Waals surface area contributed by atoms with Gasteiger partial charge in [0, 0.05) is 11.6 Å². The SMILES string of the molecule is Cc1ccnc(N)c1C(=O)Nc1csc(C(N)=O)c1. The minimum absolute atomic E-state index is 0.169. The second-order valence-electron chi connectivity index (χ2n) is 3.91. The minimum Gasteiger partial charge on any atom is -0.383 e. The molecule has 0 spiro atoms. The molecule has 7 heteroatoms. The Balaban J connectivity index is 2.23. The molecule has 2 amide bonds. The molecule has 0 fully saturated rings. The van der Waals surface area contributed by atoms with Gasteiger partial charge in [0.15, 0.2) is 0 Å². The first-order valence-electron chi connectivity index (χ1n) is 5.40. The van der Waals surface area contributed by atoms with Crippen molar-refractivity contribution in [1.29, 1.82) is 0 Å². The number of anilines is 2. The molecule has 0 aliphatic rings. The summed E-state index contributed by atoms with van der Waals surface area (Å²) in [4.78, 5) is 27.3. The van der Waals surface area contributed by atoms with Crippen molar-refractivity contribution < 1.29 is 9.59 Å². The van der Waals surface area contributed by atoms with Gasteiger partial charge < -0.3 is 16.8 Å². The fourth-order valence-electron chi connectivity index (χ4n) is 1.60. The molecule has 0 radical (unpaired) electrons. The standard InChI is InChI=1S/C12H12N4O2S/c1-6-2-3-15-10(13)9(6)12(18)16-7-4-8(11(14)17)19-5-7/h2-5H,1H3,(H2,13,15)(H2,14,17)(H,16,18). The first kappa shape index (κ1) is 13.0. The number of primary amides is 1. The van der Waals surface area contributed by atoms with Crippen LogP contribution in [0.25, 0.3) is 0 Å². The van der Waals surface area contributed by atoms with Crippen molar-refractivity contribution in [3.05, 3.63) is 39.7 Å². The van der Waals surface area contributed by atoms with Crippen molar-refractivity contribution in [2.24, 2.45) is 5.73 Å². The van der Waals surface area contributed by atoms with E-state index in [1.165, 1.54) is 23.6 Å². The average molecular weight is 276 g/mol. The molecule has 0 bridgehead atoms. The smallest absolute Gasteiger partial charge is 0.259 e. The largest absolute Gasteiger partial charge is 0.383 e. The van der Waals surface area contributed by atoms with Crippen LogP contribution in [0.2, 0.25) is 0 Å². The molecule has 2 heterocycles. The van der Waals surface area contributed by atoms with Crippen LogP contribution in [0.5, 0.6) is 0 Å². The van der Waals surface area contributed by atoms with E-state index in [-0.39, 0.29) is 11.7 Å². The van der Waals surface area contributed by atoms with Crippen LogP contribution in [0.1, 0.15) is 25.6 Å². The van der Waals surface area contributed by atoms with Crippen molar-refractivity contribution in [2.45, 2.75) is 6.92 Å². The lowest BCUT2D eigenvalue weighted by Crippen LogP contribution is -2.16. The van der Waals surface area contributed by atoms with Gasteiger partial charge in [-0.3, -0.25) is 9.59 Å².